The number of nitrogens with zero attached hydrogens (tertiary/aromatic N) is 1. The minimum Gasteiger partial charge on any atom is -0.459 e. The molecule has 1 unspecified atom stereocenters. The van der Waals surface area contributed by atoms with Gasteiger partial charge in [-0.25, -0.2) is 0 Å². The average Bonchev–Trinajstić information content (AvgIpc) is 2.29. The van der Waals surface area contributed by atoms with Crippen LogP contribution in [0.3, 0.4) is 0 Å². The van der Waals surface area contributed by atoms with E-state index in [0.29, 0.717) is 13.0 Å². The number of esters is 1. The van der Waals surface area contributed by atoms with Crippen LogP contribution in [0, 0.1) is 5.92 Å². The maximum Gasteiger partial charge on any atom is 0.317 e. The molecule has 2 atom stereocenters. The van der Waals surface area contributed by atoms with Crippen LogP contribution in [0.5, 0.6) is 0 Å². The lowest BCUT2D eigenvalue weighted by molar-refractivity contribution is -0.165. The third-order valence-corrected chi connectivity index (χ3v) is 3.13. The predicted molar refractivity (Wildman–Crippen MR) is 73.2 cm³/mol. The Morgan fingerprint density at radius 1 is 1.40 bits per heavy atom. The van der Waals surface area contributed by atoms with Gasteiger partial charge in [0.25, 0.3) is 0 Å². The molecule has 1 fully saturated rings. The lowest BCUT2D eigenvalue weighted by Gasteiger charge is -2.35. The van der Waals surface area contributed by atoms with E-state index >= 15 is 0 Å². The molecule has 1 rings (SSSR count). The Labute approximate surface area is 120 Å². The number of ketones is 1. The Morgan fingerprint density at radius 2 is 2.05 bits per heavy atom. The van der Waals surface area contributed by atoms with Crippen molar-refractivity contribution >= 4 is 11.8 Å². The third kappa shape index (κ3) is 5.19. The molecular weight excluding hydrogens is 262 g/mol. The van der Waals surface area contributed by atoms with Crippen LogP contribution in [-0.2, 0) is 23.8 Å². The molecule has 0 spiro atoms. The number of likely N-dealkylation sites (tertiary alicyclic amines) is 1. The van der Waals surface area contributed by atoms with Crippen LogP contribution >= 0.6 is 0 Å². The summed E-state index contributed by atoms with van der Waals surface area (Å²) in [6, 6.07) is 0.0142. The molecule has 6 nitrogen and oxygen atoms in total. The average molecular weight is 287 g/mol. The standard InChI is InChI=1S/C14H25NO5/c1-14(2,3)20-13(17)11-6-10(8-19-9-18-5)15(4)7-12(11)16/h10-11H,6-9H2,1-5H3/t10-,11?/m1/s1. The second kappa shape index (κ2) is 7.15. The van der Waals surface area contributed by atoms with Crippen molar-refractivity contribution in [2.24, 2.45) is 5.92 Å². The van der Waals surface area contributed by atoms with Gasteiger partial charge in [-0.3, -0.25) is 14.5 Å². The summed E-state index contributed by atoms with van der Waals surface area (Å²) in [4.78, 5) is 26.0. The fourth-order valence-electron chi connectivity index (χ4n) is 2.13. The molecule has 1 aliphatic heterocycles. The maximum atomic E-state index is 12.1. The monoisotopic (exact) mass is 287 g/mol. The maximum absolute atomic E-state index is 12.1. The molecule has 0 N–H and O–H groups in total. The smallest absolute Gasteiger partial charge is 0.317 e. The van der Waals surface area contributed by atoms with Crippen molar-refractivity contribution in [3.8, 4) is 0 Å². The predicted octanol–water partition coefficient (Wildman–Crippen LogP) is 0.838. The van der Waals surface area contributed by atoms with Crippen LogP contribution in [0.2, 0.25) is 0 Å². The normalized spacial score (nSPS) is 24.8. The number of carbonyl (C=O) groups is 2. The van der Waals surface area contributed by atoms with E-state index < -0.39 is 17.5 Å². The number of methoxy groups -OCH3 is 1. The Hall–Kier alpha value is -0.980. The van der Waals surface area contributed by atoms with Crippen molar-refractivity contribution in [2.75, 3.05) is 34.1 Å². The number of carbonyl (C=O) groups excluding carboxylic acids is 2. The molecule has 0 bridgehead atoms. The summed E-state index contributed by atoms with van der Waals surface area (Å²) in [7, 11) is 3.40. The molecule has 0 radical (unpaired) electrons. The number of hydrogen-bond donors (Lipinski definition) is 0. The first-order chi connectivity index (χ1) is 9.24. The summed E-state index contributed by atoms with van der Waals surface area (Å²) < 4.78 is 15.5. The molecule has 6 heteroatoms. The zero-order valence-electron chi connectivity index (χ0n) is 13.0. The first-order valence-corrected chi connectivity index (χ1v) is 6.77. The summed E-state index contributed by atoms with van der Waals surface area (Å²) >= 11 is 0. The quantitative estimate of drug-likeness (QED) is 0.323. The summed E-state index contributed by atoms with van der Waals surface area (Å²) in [5, 5.41) is 0. The molecule has 20 heavy (non-hydrogen) atoms. The SMILES string of the molecule is COCOC[C@H]1CC(C(=O)OC(C)(C)C)C(=O)CN1C. The third-order valence-electron chi connectivity index (χ3n) is 3.13. The Bertz CT molecular complexity index is 350. The van der Waals surface area contributed by atoms with E-state index in [1.54, 1.807) is 27.9 Å². The van der Waals surface area contributed by atoms with Crippen molar-refractivity contribution in [2.45, 2.75) is 38.8 Å². The molecule has 0 aromatic rings. The second-order valence-corrected chi connectivity index (χ2v) is 6.13. The molecule has 1 saturated heterocycles. The van der Waals surface area contributed by atoms with Gasteiger partial charge in [-0.15, -0.1) is 0 Å². The van der Waals surface area contributed by atoms with Gasteiger partial charge >= 0.3 is 5.97 Å². The van der Waals surface area contributed by atoms with Crippen molar-refractivity contribution in [3.05, 3.63) is 0 Å². The van der Waals surface area contributed by atoms with E-state index in [-0.39, 0.29) is 25.2 Å². The minimum absolute atomic E-state index is 0.0142. The van der Waals surface area contributed by atoms with Crippen molar-refractivity contribution in [1.29, 1.82) is 0 Å². The lowest BCUT2D eigenvalue weighted by atomic mass is 9.90. The number of hydrogen-bond acceptors (Lipinski definition) is 6. The Morgan fingerprint density at radius 3 is 2.60 bits per heavy atom. The van der Waals surface area contributed by atoms with Gasteiger partial charge in [0.15, 0.2) is 5.78 Å². The molecule has 0 saturated carbocycles. The lowest BCUT2D eigenvalue weighted by Crippen LogP contribution is -2.50. The number of piperidine rings is 1. The van der Waals surface area contributed by atoms with Gasteiger partial charge in [0.05, 0.1) is 13.2 Å². The van der Waals surface area contributed by atoms with E-state index in [1.807, 2.05) is 11.9 Å². The van der Waals surface area contributed by atoms with E-state index in [4.69, 9.17) is 14.2 Å². The number of ether oxygens (including phenoxy) is 3. The van der Waals surface area contributed by atoms with Gasteiger partial charge in [-0.2, -0.15) is 0 Å². The number of likely N-dealkylation sites (N-methyl/N-ethyl adjacent to an activating group) is 1. The van der Waals surface area contributed by atoms with Gasteiger partial charge in [0.2, 0.25) is 0 Å². The summed E-state index contributed by atoms with van der Waals surface area (Å²) in [5.74, 6) is -1.22. The van der Waals surface area contributed by atoms with E-state index in [1.165, 1.54) is 0 Å². The molecule has 1 aliphatic rings. The van der Waals surface area contributed by atoms with Crippen LogP contribution in [0.15, 0.2) is 0 Å². The zero-order chi connectivity index (χ0) is 15.3. The van der Waals surface area contributed by atoms with Gasteiger partial charge < -0.3 is 14.2 Å². The van der Waals surface area contributed by atoms with E-state index in [2.05, 4.69) is 0 Å². The fraction of sp³-hybridized carbons (Fsp3) is 0.857. The summed E-state index contributed by atoms with van der Waals surface area (Å²) in [6.07, 6.45) is 0.425. The van der Waals surface area contributed by atoms with Crippen molar-refractivity contribution < 1.29 is 23.8 Å². The zero-order valence-corrected chi connectivity index (χ0v) is 13.0. The Balaban J connectivity index is 2.62. The summed E-state index contributed by atoms with van der Waals surface area (Å²) in [6.45, 7) is 6.26. The van der Waals surface area contributed by atoms with Crippen molar-refractivity contribution in [1.82, 2.24) is 4.90 Å². The summed E-state index contributed by atoms with van der Waals surface area (Å²) in [5.41, 5.74) is -0.581. The van der Waals surface area contributed by atoms with Gasteiger partial charge in [-0.05, 0) is 34.2 Å². The number of Topliss-reactive ketones (excluding diaryl/α,β-unsaturated/α-hetero) is 1. The van der Waals surface area contributed by atoms with Crippen LogP contribution in [0.25, 0.3) is 0 Å². The second-order valence-electron chi connectivity index (χ2n) is 6.13. The van der Waals surface area contributed by atoms with E-state index in [0.717, 1.165) is 0 Å². The first-order valence-electron chi connectivity index (χ1n) is 6.77. The fourth-order valence-corrected chi connectivity index (χ4v) is 2.13. The van der Waals surface area contributed by atoms with Gasteiger partial charge in [-0.1, -0.05) is 0 Å². The molecule has 0 aliphatic carbocycles. The highest BCUT2D eigenvalue weighted by molar-refractivity contribution is 6.00. The van der Waals surface area contributed by atoms with Crippen LogP contribution < -0.4 is 0 Å². The van der Waals surface area contributed by atoms with Crippen molar-refractivity contribution in [3.63, 3.8) is 0 Å². The van der Waals surface area contributed by atoms with Crippen LogP contribution in [0.1, 0.15) is 27.2 Å². The highest BCUT2D eigenvalue weighted by Gasteiger charge is 2.39. The molecule has 1 heterocycles. The molecule has 0 aromatic heterocycles. The van der Waals surface area contributed by atoms with E-state index in [9.17, 15) is 9.59 Å². The molecular formula is C14H25NO5. The van der Waals surface area contributed by atoms with Crippen LogP contribution in [0.4, 0.5) is 0 Å². The van der Waals surface area contributed by atoms with Gasteiger partial charge in [0.1, 0.15) is 18.3 Å². The minimum atomic E-state index is -0.693. The highest BCUT2D eigenvalue weighted by atomic mass is 16.7. The van der Waals surface area contributed by atoms with Crippen LogP contribution in [-0.4, -0.2) is 62.4 Å². The Kier molecular flexibility index (Phi) is 6.10. The topological polar surface area (TPSA) is 65.1 Å². The molecule has 116 valence electrons. The molecule has 0 amide bonds. The number of rotatable bonds is 5. The first kappa shape index (κ1) is 17.1. The highest BCUT2D eigenvalue weighted by Crippen LogP contribution is 2.23. The molecule has 0 aromatic carbocycles. The van der Waals surface area contributed by atoms with Gasteiger partial charge in [0, 0.05) is 13.2 Å². The largest absolute Gasteiger partial charge is 0.459 e.